The van der Waals surface area contributed by atoms with Gasteiger partial charge in [-0.2, -0.15) is 0 Å². The van der Waals surface area contributed by atoms with E-state index in [0.29, 0.717) is 11.4 Å². The molecular weight excluding hydrogens is 344 g/mol. The Hall–Kier alpha value is -3.15. The maximum absolute atomic E-state index is 12.9. The highest BCUT2D eigenvalue weighted by molar-refractivity contribution is 6.11. The molecule has 3 rings (SSSR count). The van der Waals surface area contributed by atoms with Crippen molar-refractivity contribution in [3.63, 3.8) is 0 Å². The summed E-state index contributed by atoms with van der Waals surface area (Å²) in [6.45, 7) is 4.92. The molecule has 140 valence electrons. The zero-order valence-corrected chi connectivity index (χ0v) is 15.6. The summed E-state index contributed by atoms with van der Waals surface area (Å²) in [6, 6.07) is 16.3. The minimum Gasteiger partial charge on any atom is -0.452 e. The first-order valence-corrected chi connectivity index (χ1v) is 8.77. The van der Waals surface area contributed by atoms with Crippen LogP contribution in [0.2, 0.25) is 0 Å². The minimum atomic E-state index is -1.01. The van der Waals surface area contributed by atoms with Gasteiger partial charge in [0.05, 0.1) is 16.8 Å². The Kier molecular flexibility index (Phi) is 4.99. The summed E-state index contributed by atoms with van der Waals surface area (Å²) in [4.78, 5) is 38.8. The van der Waals surface area contributed by atoms with Crippen molar-refractivity contribution in [1.29, 1.82) is 0 Å². The molecule has 0 unspecified atom stereocenters. The first-order valence-electron chi connectivity index (χ1n) is 8.77. The van der Waals surface area contributed by atoms with Gasteiger partial charge in [0.1, 0.15) is 6.54 Å². The summed E-state index contributed by atoms with van der Waals surface area (Å²) < 4.78 is 5.47. The van der Waals surface area contributed by atoms with Crippen LogP contribution < -0.4 is 10.2 Å². The van der Waals surface area contributed by atoms with Gasteiger partial charge in [-0.25, -0.2) is 0 Å². The number of carbonyl (C=O) groups excluding carboxylic acids is 3. The molecule has 0 fully saturated rings. The van der Waals surface area contributed by atoms with Crippen LogP contribution in [0.1, 0.15) is 26.3 Å². The van der Waals surface area contributed by atoms with Crippen LogP contribution in [0.3, 0.4) is 0 Å². The number of para-hydroxylation sites is 2. The summed E-state index contributed by atoms with van der Waals surface area (Å²) in [6.07, 6.45) is -1.01. The fourth-order valence-corrected chi connectivity index (χ4v) is 2.98. The van der Waals surface area contributed by atoms with Gasteiger partial charge in [0, 0.05) is 0 Å². The molecule has 6 heteroatoms. The molecule has 0 aliphatic carbocycles. The zero-order valence-electron chi connectivity index (χ0n) is 15.6. The van der Waals surface area contributed by atoms with Crippen LogP contribution >= 0.6 is 0 Å². The van der Waals surface area contributed by atoms with E-state index in [1.165, 1.54) is 11.8 Å². The van der Waals surface area contributed by atoms with Crippen molar-refractivity contribution in [2.45, 2.75) is 32.3 Å². The number of hydrogen-bond donors (Lipinski definition) is 1. The van der Waals surface area contributed by atoms with Crippen molar-refractivity contribution in [3.05, 3.63) is 60.2 Å². The third kappa shape index (κ3) is 3.69. The second kappa shape index (κ2) is 7.23. The Morgan fingerprint density at radius 1 is 1.07 bits per heavy atom. The van der Waals surface area contributed by atoms with Crippen molar-refractivity contribution in [2.24, 2.45) is 0 Å². The third-order valence-corrected chi connectivity index (χ3v) is 4.67. The predicted octanol–water partition coefficient (Wildman–Crippen LogP) is 2.88. The smallest absolute Gasteiger partial charge is 0.316 e. The average molecular weight is 366 g/mol. The van der Waals surface area contributed by atoms with Crippen molar-refractivity contribution >= 4 is 29.2 Å². The largest absolute Gasteiger partial charge is 0.452 e. The molecule has 0 radical (unpaired) electrons. The second-order valence-electron chi connectivity index (χ2n) is 7.03. The first-order chi connectivity index (χ1) is 12.8. The van der Waals surface area contributed by atoms with Crippen LogP contribution in [0.4, 0.5) is 11.4 Å². The van der Waals surface area contributed by atoms with Gasteiger partial charge in [-0.1, -0.05) is 42.5 Å². The molecule has 2 aromatic carbocycles. The number of nitrogens with one attached hydrogen (secondary N) is 1. The van der Waals surface area contributed by atoms with Gasteiger partial charge in [0.25, 0.3) is 5.91 Å². The molecule has 1 aliphatic rings. The Bertz CT molecular complexity index is 877. The monoisotopic (exact) mass is 366 g/mol. The van der Waals surface area contributed by atoms with Crippen LogP contribution in [-0.4, -0.2) is 30.4 Å². The van der Waals surface area contributed by atoms with E-state index >= 15 is 0 Å². The zero-order chi connectivity index (χ0) is 19.6. The molecule has 0 bridgehead atoms. The Morgan fingerprint density at radius 2 is 1.70 bits per heavy atom. The van der Waals surface area contributed by atoms with Gasteiger partial charge < -0.3 is 10.1 Å². The Balaban J connectivity index is 1.77. The van der Waals surface area contributed by atoms with Crippen LogP contribution in [0.25, 0.3) is 0 Å². The average Bonchev–Trinajstić information content (AvgIpc) is 2.67. The lowest BCUT2D eigenvalue weighted by Crippen LogP contribution is -2.48. The number of fused-ring (bicyclic) bond motifs is 1. The fourth-order valence-electron chi connectivity index (χ4n) is 2.98. The van der Waals surface area contributed by atoms with Crippen LogP contribution in [-0.2, 0) is 24.5 Å². The standard InChI is InChI=1S/C21H22N2O4/c1-14(27-20(26)21(2,3)15-9-5-4-6-10-15)19(25)23-13-18(24)22-16-11-7-8-12-17(16)23/h4-12,14H,13H2,1-3H3,(H,22,24)/t14-/m0/s1. The van der Waals surface area contributed by atoms with Gasteiger partial charge in [-0.05, 0) is 38.5 Å². The lowest BCUT2D eigenvalue weighted by molar-refractivity contribution is -0.158. The summed E-state index contributed by atoms with van der Waals surface area (Å²) >= 11 is 0. The highest BCUT2D eigenvalue weighted by Crippen LogP contribution is 2.30. The highest BCUT2D eigenvalue weighted by Gasteiger charge is 2.36. The van der Waals surface area contributed by atoms with E-state index < -0.39 is 23.4 Å². The number of carbonyl (C=O) groups is 3. The molecule has 1 N–H and O–H groups in total. The number of amides is 2. The summed E-state index contributed by atoms with van der Waals surface area (Å²) in [5, 5.41) is 2.73. The predicted molar refractivity (Wildman–Crippen MR) is 102 cm³/mol. The van der Waals surface area contributed by atoms with E-state index in [9.17, 15) is 14.4 Å². The van der Waals surface area contributed by atoms with E-state index in [1.54, 1.807) is 38.1 Å². The Morgan fingerprint density at radius 3 is 2.41 bits per heavy atom. The van der Waals surface area contributed by atoms with E-state index in [1.807, 2.05) is 30.3 Å². The van der Waals surface area contributed by atoms with Gasteiger partial charge in [0.15, 0.2) is 6.10 Å². The molecule has 27 heavy (non-hydrogen) atoms. The SMILES string of the molecule is C[C@H](OC(=O)C(C)(C)c1ccccc1)C(=O)N1CC(=O)Nc2ccccc21. The number of benzene rings is 2. The normalized spacial score (nSPS) is 14.8. The molecule has 0 spiro atoms. The topological polar surface area (TPSA) is 75.7 Å². The molecule has 2 amide bonds. The number of nitrogens with zero attached hydrogens (tertiary/aromatic N) is 1. The van der Waals surface area contributed by atoms with Crippen molar-refractivity contribution in [3.8, 4) is 0 Å². The van der Waals surface area contributed by atoms with Crippen LogP contribution in [0.5, 0.6) is 0 Å². The van der Waals surface area contributed by atoms with Gasteiger partial charge in [-0.3, -0.25) is 19.3 Å². The quantitative estimate of drug-likeness (QED) is 0.844. The number of hydrogen-bond acceptors (Lipinski definition) is 4. The van der Waals surface area contributed by atoms with E-state index in [2.05, 4.69) is 5.32 Å². The lowest BCUT2D eigenvalue weighted by atomic mass is 9.85. The Labute approximate surface area is 158 Å². The van der Waals surface area contributed by atoms with Crippen molar-refractivity contribution in [1.82, 2.24) is 0 Å². The number of esters is 1. The fraction of sp³-hybridized carbons (Fsp3) is 0.286. The molecule has 0 saturated heterocycles. The highest BCUT2D eigenvalue weighted by atomic mass is 16.5. The molecule has 2 aromatic rings. The maximum Gasteiger partial charge on any atom is 0.316 e. The molecule has 0 aromatic heterocycles. The lowest BCUT2D eigenvalue weighted by Gasteiger charge is -2.32. The molecule has 1 aliphatic heterocycles. The molecule has 6 nitrogen and oxygen atoms in total. The van der Waals surface area contributed by atoms with Gasteiger partial charge in [-0.15, -0.1) is 0 Å². The summed E-state index contributed by atoms with van der Waals surface area (Å²) in [5.74, 6) is -1.22. The molecular formula is C21H22N2O4. The van der Waals surface area contributed by atoms with Gasteiger partial charge in [0.2, 0.25) is 5.91 Å². The number of rotatable bonds is 4. The van der Waals surface area contributed by atoms with Crippen molar-refractivity contribution < 1.29 is 19.1 Å². The van der Waals surface area contributed by atoms with Crippen molar-refractivity contribution in [2.75, 3.05) is 16.8 Å². The molecule has 0 saturated carbocycles. The van der Waals surface area contributed by atoms with E-state index in [-0.39, 0.29) is 12.5 Å². The van der Waals surface area contributed by atoms with E-state index in [0.717, 1.165) is 5.56 Å². The summed E-state index contributed by atoms with van der Waals surface area (Å²) in [7, 11) is 0. The third-order valence-electron chi connectivity index (χ3n) is 4.67. The number of anilines is 2. The first kappa shape index (κ1) is 18.6. The van der Waals surface area contributed by atoms with E-state index in [4.69, 9.17) is 4.74 Å². The van der Waals surface area contributed by atoms with Crippen LogP contribution in [0, 0.1) is 0 Å². The maximum atomic E-state index is 12.9. The molecule has 1 atom stereocenters. The second-order valence-corrected chi connectivity index (χ2v) is 7.03. The van der Waals surface area contributed by atoms with Crippen LogP contribution in [0.15, 0.2) is 54.6 Å². The van der Waals surface area contributed by atoms with Gasteiger partial charge >= 0.3 is 5.97 Å². The minimum absolute atomic E-state index is 0.111. The number of ether oxygens (including phenoxy) is 1. The molecule has 1 heterocycles. The summed E-state index contributed by atoms with van der Waals surface area (Å²) in [5.41, 5.74) is 1.06.